The summed E-state index contributed by atoms with van der Waals surface area (Å²) < 4.78 is 5.06. The normalized spacial score (nSPS) is 15.6. The van der Waals surface area contributed by atoms with E-state index in [-0.39, 0.29) is 30.2 Å². The zero-order valence-electron chi connectivity index (χ0n) is 17.0. The lowest BCUT2D eigenvalue weighted by Gasteiger charge is -2.16. The van der Waals surface area contributed by atoms with Crippen LogP contribution in [0.25, 0.3) is 0 Å². The van der Waals surface area contributed by atoms with Crippen molar-refractivity contribution in [3.05, 3.63) is 58.1 Å². The number of nitrogens with one attached hydrogen (secondary N) is 1. The van der Waals surface area contributed by atoms with Crippen molar-refractivity contribution in [1.82, 2.24) is 0 Å². The van der Waals surface area contributed by atoms with Gasteiger partial charge in [-0.2, -0.15) is 0 Å². The van der Waals surface area contributed by atoms with E-state index in [0.29, 0.717) is 11.3 Å². The van der Waals surface area contributed by atoms with Crippen LogP contribution < -0.4 is 10.2 Å². The maximum Gasteiger partial charge on any atom is 0.311 e. The van der Waals surface area contributed by atoms with E-state index in [4.69, 9.17) is 4.74 Å². The number of benzene rings is 2. The number of aryl methyl sites for hydroxylation is 1. The van der Waals surface area contributed by atoms with E-state index in [9.17, 15) is 24.5 Å². The van der Waals surface area contributed by atoms with Gasteiger partial charge in [-0.3, -0.25) is 24.5 Å². The standard InChI is InChI=1S/C21H21N3O6S/c1-13-3-4-15(10-18(13)24(28)29)22-19(25)12-30-21(27)14-9-20(26)23(11-14)16-5-7-17(31-2)8-6-16/h3-8,10,14H,9,11-12H2,1-2H3,(H,22,25). The smallest absolute Gasteiger partial charge is 0.311 e. The molecule has 1 saturated heterocycles. The molecule has 2 aromatic carbocycles. The van der Waals surface area contributed by atoms with Crippen LogP contribution in [-0.2, 0) is 19.1 Å². The molecular formula is C21H21N3O6S. The highest BCUT2D eigenvalue weighted by molar-refractivity contribution is 7.98. The minimum atomic E-state index is -0.666. The molecule has 31 heavy (non-hydrogen) atoms. The van der Waals surface area contributed by atoms with Crippen molar-refractivity contribution < 1.29 is 24.0 Å². The molecule has 0 saturated carbocycles. The van der Waals surface area contributed by atoms with Crippen LogP contribution in [0.15, 0.2) is 47.4 Å². The van der Waals surface area contributed by atoms with Crippen LogP contribution in [0.2, 0.25) is 0 Å². The van der Waals surface area contributed by atoms with Crippen LogP contribution in [-0.4, -0.2) is 42.1 Å². The fourth-order valence-corrected chi connectivity index (χ4v) is 3.62. The number of ether oxygens (including phenoxy) is 1. The monoisotopic (exact) mass is 443 g/mol. The second kappa shape index (κ2) is 9.61. The lowest BCUT2D eigenvalue weighted by molar-refractivity contribution is -0.385. The molecule has 10 heteroatoms. The van der Waals surface area contributed by atoms with Crippen molar-refractivity contribution >= 4 is 46.6 Å². The number of thioether (sulfide) groups is 1. The van der Waals surface area contributed by atoms with E-state index >= 15 is 0 Å². The Balaban J connectivity index is 1.53. The first-order chi connectivity index (χ1) is 14.8. The SMILES string of the molecule is CSc1ccc(N2CC(C(=O)OCC(=O)Nc3ccc(C)c([N+](=O)[O-])c3)CC2=O)cc1. The molecule has 1 atom stereocenters. The van der Waals surface area contributed by atoms with Gasteiger partial charge in [-0.1, -0.05) is 6.07 Å². The highest BCUT2D eigenvalue weighted by Gasteiger charge is 2.36. The van der Waals surface area contributed by atoms with Gasteiger partial charge in [-0.15, -0.1) is 11.8 Å². The third-order valence-electron chi connectivity index (χ3n) is 4.88. The van der Waals surface area contributed by atoms with Gasteiger partial charge in [-0.25, -0.2) is 0 Å². The van der Waals surface area contributed by atoms with E-state index in [1.54, 1.807) is 18.7 Å². The van der Waals surface area contributed by atoms with E-state index in [2.05, 4.69) is 5.32 Å². The van der Waals surface area contributed by atoms with Crippen molar-refractivity contribution in [1.29, 1.82) is 0 Å². The van der Waals surface area contributed by atoms with Gasteiger partial charge in [0.2, 0.25) is 5.91 Å². The molecule has 0 spiro atoms. The van der Waals surface area contributed by atoms with Gasteiger partial charge in [0.05, 0.1) is 10.8 Å². The van der Waals surface area contributed by atoms with Gasteiger partial charge in [0.1, 0.15) is 0 Å². The van der Waals surface area contributed by atoms with E-state index in [0.717, 1.165) is 4.90 Å². The molecule has 0 bridgehead atoms. The number of nitro benzene ring substituents is 1. The first-order valence-corrected chi connectivity index (χ1v) is 10.7. The highest BCUT2D eigenvalue weighted by atomic mass is 32.2. The van der Waals surface area contributed by atoms with Crippen LogP contribution in [0.5, 0.6) is 0 Å². The number of carbonyl (C=O) groups is 3. The first-order valence-electron chi connectivity index (χ1n) is 9.44. The second-order valence-corrected chi connectivity index (χ2v) is 7.90. The predicted octanol–water partition coefficient (Wildman–Crippen LogP) is 3.16. The average Bonchev–Trinajstić information content (AvgIpc) is 3.15. The number of hydrogen-bond acceptors (Lipinski definition) is 7. The van der Waals surface area contributed by atoms with Crippen LogP contribution in [0.4, 0.5) is 17.1 Å². The lowest BCUT2D eigenvalue weighted by atomic mass is 10.1. The summed E-state index contributed by atoms with van der Waals surface area (Å²) in [4.78, 5) is 49.8. The van der Waals surface area contributed by atoms with Crippen molar-refractivity contribution in [2.24, 2.45) is 5.92 Å². The largest absolute Gasteiger partial charge is 0.455 e. The van der Waals surface area contributed by atoms with Crippen molar-refractivity contribution in [3.63, 3.8) is 0 Å². The number of anilines is 2. The van der Waals surface area contributed by atoms with Gasteiger partial charge in [0.25, 0.3) is 11.6 Å². The molecule has 3 rings (SSSR count). The minimum Gasteiger partial charge on any atom is -0.455 e. The van der Waals surface area contributed by atoms with Crippen LogP contribution in [0, 0.1) is 23.0 Å². The molecule has 1 fully saturated rings. The molecule has 1 unspecified atom stereocenters. The fraction of sp³-hybridized carbons (Fsp3) is 0.286. The van der Waals surface area contributed by atoms with Crippen LogP contribution >= 0.6 is 11.8 Å². The summed E-state index contributed by atoms with van der Waals surface area (Å²) in [6.45, 7) is 1.23. The Kier molecular flexibility index (Phi) is 6.91. The maximum atomic E-state index is 12.3. The van der Waals surface area contributed by atoms with Gasteiger partial charge in [-0.05, 0) is 43.5 Å². The van der Waals surface area contributed by atoms with Crippen molar-refractivity contribution in [3.8, 4) is 0 Å². The lowest BCUT2D eigenvalue weighted by Crippen LogP contribution is -2.28. The Morgan fingerprint density at radius 3 is 2.61 bits per heavy atom. The molecule has 1 heterocycles. The summed E-state index contributed by atoms with van der Waals surface area (Å²) in [5, 5.41) is 13.5. The summed E-state index contributed by atoms with van der Waals surface area (Å²) >= 11 is 1.59. The molecular weight excluding hydrogens is 422 g/mol. The van der Waals surface area contributed by atoms with E-state index in [1.807, 2.05) is 30.5 Å². The summed E-state index contributed by atoms with van der Waals surface area (Å²) in [7, 11) is 0. The minimum absolute atomic E-state index is 0.00882. The molecule has 0 radical (unpaired) electrons. The van der Waals surface area contributed by atoms with Crippen molar-refractivity contribution in [2.75, 3.05) is 29.6 Å². The Bertz CT molecular complexity index is 1020. The second-order valence-electron chi connectivity index (χ2n) is 7.02. The molecule has 9 nitrogen and oxygen atoms in total. The molecule has 2 aromatic rings. The van der Waals surface area contributed by atoms with Crippen LogP contribution in [0.3, 0.4) is 0 Å². The zero-order chi connectivity index (χ0) is 22.5. The number of hydrogen-bond donors (Lipinski definition) is 1. The predicted molar refractivity (Wildman–Crippen MR) is 116 cm³/mol. The summed E-state index contributed by atoms with van der Waals surface area (Å²) in [5.41, 5.74) is 1.28. The summed E-state index contributed by atoms with van der Waals surface area (Å²) in [5.74, 6) is -2.11. The molecule has 162 valence electrons. The number of amides is 2. The van der Waals surface area contributed by atoms with Crippen LogP contribution in [0.1, 0.15) is 12.0 Å². The number of esters is 1. The van der Waals surface area contributed by atoms with E-state index in [1.165, 1.54) is 23.1 Å². The van der Waals surface area contributed by atoms with Gasteiger partial charge in [0, 0.05) is 40.9 Å². The molecule has 2 amide bonds. The highest BCUT2D eigenvalue weighted by Crippen LogP contribution is 2.28. The molecule has 0 aromatic heterocycles. The topological polar surface area (TPSA) is 119 Å². The van der Waals surface area contributed by atoms with E-state index < -0.39 is 29.3 Å². The Labute approximate surface area is 182 Å². The molecule has 1 N–H and O–H groups in total. The molecule has 1 aliphatic heterocycles. The first kappa shape index (κ1) is 22.3. The quantitative estimate of drug-likeness (QED) is 0.302. The third-order valence-corrected chi connectivity index (χ3v) is 5.62. The maximum absolute atomic E-state index is 12.3. The number of nitro groups is 1. The average molecular weight is 443 g/mol. The number of rotatable bonds is 7. The van der Waals surface area contributed by atoms with Gasteiger partial charge in [0.15, 0.2) is 6.61 Å². The van der Waals surface area contributed by atoms with Gasteiger partial charge < -0.3 is 15.0 Å². The molecule has 1 aliphatic rings. The Morgan fingerprint density at radius 1 is 1.26 bits per heavy atom. The Morgan fingerprint density at radius 2 is 1.97 bits per heavy atom. The summed E-state index contributed by atoms with van der Waals surface area (Å²) in [6.07, 6.45) is 1.97. The van der Waals surface area contributed by atoms with Crippen molar-refractivity contribution in [2.45, 2.75) is 18.2 Å². The number of nitrogens with zero attached hydrogens (tertiary/aromatic N) is 2. The number of carbonyl (C=O) groups excluding carboxylic acids is 3. The fourth-order valence-electron chi connectivity index (χ4n) is 3.21. The van der Waals surface area contributed by atoms with Gasteiger partial charge >= 0.3 is 5.97 Å². The molecule has 0 aliphatic carbocycles. The third kappa shape index (κ3) is 5.40. The summed E-state index contributed by atoms with van der Waals surface area (Å²) in [6, 6.07) is 11.7. The Hall–Kier alpha value is -3.40. The zero-order valence-corrected chi connectivity index (χ0v) is 17.8.